The van der Waals surface area contributed by atoms with E-state index in [0.717, 1.165) is 17.9 Å². The van der Waals surface area contributed by atoms with Gasteiger partial charge in [-0.05, 0) is 26.0 Å². The van der Waals surface area contributed by atoms with Crippen LogP contribution >= 0.6 is 0 Å². The molecule has 1 aromatic rings. The van der Waals surface area contributed by atoms with E-state index < -0.39 is 59.3 Å². The van der Waals surface area contributed by atoms with Crippen molar-refractivity contribution in [3.63, 3.8) is 0 Å². The van der Waals surface area contributed by atoms with Gasteiger partial charge >= 0.3 is 0 Å². The van der Waals surface area contributed by atoms with Gasteiger partial charge in [-0.3, -0.25) is 8.98 Å². The van der Waals surface area contributed by atoms with Crippen LogP contribution in [0.25, 0.3) is 0 Å². The van der Waals surface area contributed by atoms with Crippen LogP contribution in [0.3, 0.4) is 0 Å². The maximum atomic E-state index is 12.4. The number of carbonyl (C=O) groups is 1. The normalized spacial score (nSPS) is 32.8. The van der Waals surface area contributed by atoms with Crippen LogP contribution in [0.1, 0.15) is 18.9 Å². The summed E-state index contributed by atoms with van der Waals surface area (Å²) in [4.78, 5) is 12.3. The Labute approximate surface area is 169 Å². The molecule has 0 unspecified atom stereocenters. The summed E-state index contributed by atoms with van der Waals surface area (Å²) in [5.41, 5.74) is 0.901. The second kappa shape index (κ2) is 8.90. The summed E-state index contributed by atoms with van der Waals surface area (Å²) in [6.45, 7) is 2.94. The highest BCUT2D eigenvalue weighted by molar-refractivity contribution is 7.86. The summed E-state index contributed by atoms with van der Waals surface area (Å²) in [6, 6.07) is 6.14. The number of carbonyl (C=O) groups excluding carboxylic acids is 1. The molecule has 0 aliphatic carbocycles. The Kier molecular flexibility index (Phi) is 6.72. The van der Waals surface area contributed by atoms with E-state index in [4.69, 9.17) is 18.4 Å². The molecule has 1 saturated heterocycles. The van der Waals surface area contributed by atoms with Gasteiger partial charge in [0.25, 0.3) is 10.1 Å². The molecule has 0 amide bonds. The quantitative estimate of drug-likeness (QED) is 0.620. The fourth-order valence-corrected chi connectivity index (χ4v) is 3.96. The van der Waals surface area contributed by atoms with Crippen molar-refractivity contribution in [1.82, 2.24) is 0 Å². The number of aliphatic hydroxyl groups excluding tert-OH is 2. The van der Waals surface area contributed by atoms with Gasteiger partial charge in [0.1, 0.15) is 12.7 Å². The predicted octanol–water partition coefficient (Wildman–Crippen LogP) is 0.424. The lowest BCUT2D eigenvalue weighted by Gasteiger charge is -2.38. The van der Waals surface area contributed by atoms with Crippen molar-refractivity contribution in [3.8, 4) is 0 Å². The van der Waals surface area contributed by atoms with Crippen LogP contribution in [0.4, 0.5) is 0 Å². The van der Waals surface area contributed by atoms with E-state index in [1.807, 2.05) is 6.92 Å². The van der Waals surface area contributed by atoms with Crippen molar-refractivity contribution in [2.75, 3.05) is 6.61 Å². The molecule has 0 saturated carbocycles. The van der Waals surface area contributed by atoms with Crippen molar-refractivity contribution in [3.05, 3.63) is 42.2 Å². The third-order valence-corrected chi connectivity index (χ3v) is 6.07. The van der Waals surface area contributed by atoms with Crippen molar-refractivity contribution in [1.29, 1.82) is 0 Å². The third kappa shape index (κ3) is 5.21. The Morgan fingerprint density at radius 1 is 1.21 bits per heavy atom. The Bertz CT molecular complexity index is 837. The van der Waals surface area contributed by atoms with Crippen LogP contribution < -0.4 is 0 Å². The summed E-state index contributed by atoms with van der Waals surface area (Å²) >= 11 is 0. The Morgan fingerprint density at radius 2 is 1.90 bits per heavy atom. The van der Waals surface area contributed by atoms with E-state index in [0.29, 0.717) is 0 Å². The molecule has 0 bridgehead atoms. The minimum Gasteiger partial charge on any atom is -0.492 e. The van der Waals surface area contributed by atoms with Crippen molar-refractivity contribution >= 4 is 15.9 Å². The van der Waals surface area contributed by atoms with Crippen LogP contribution in [0.2, 0.25) is 0 Å². The number of benzene rings is 1. The zero-order valence-electron chi connectivity index (χ0n) is 16.0. The van der Waals surface area contributed by atoms with Crippen molar-refractivity contribution in [2.24, 2.45) is 0 Å². The van der Waals surface area contributed by atoms with Gasteiger partial charge in [0.05, 0.1) is 23.4 Å². The fourth-order valence-electron chi connectivity index (χ4n) is 3.04. The number of ether oxygens (including phenoxy) is 3. The highest BCUT2D eigenvalue weighted by Gasteiger charge is 2.40. The lowest BCUT2D eigenvalue weighted by Crippen LogP contribution is -2.51. The first-order valence-corrected chi connectivity index (χ1v) is 10.6. The molecule has 6 atom stereocenters. The number of ketones is 1. The first kappa shape index (κ1) is 21.9. The average molecular weight is 428 g/mol. The third-order valence-electron chi connectivity index (χ3n) is 4.77. The van der Waals surface area contributed by atoms with E-state index in [1.54, 1.807) is 19.1 Å². The molecule has 2 heterocycles. The summed E-state index contributed by atoms with van der Waals surface area (Å²) in [5.74, 6) is -0.450. The molecule has 2 aliphatic rings. The summed E-state index contributed by atoms with van der Waals surface area (Å²) in [6.07, 6.45) is -3.76. The van der Waals surface area contributed by atoms with Crippen molar-refractivity contribution in [2.45, 2.75) is 62.0 Å². The second-order valence-electron chi connectivity index (χ2n) is 7.05. The second-order valence-corrected chi connectivity index (χ2v) is 8.67. The maximum Gasteiger partial charge on any atom is 0.297 e. The minimum absolute atomic E-state index is 0.0141. The molecule has 160 valence electrons. The molecule has 3 rings (SSSR count). The average Bonchev–Trinajstić information content (AvgIpc) is 2.67. The van der Waals surface area contributed by atoms with Crippen LogP contribution in [0.15, 0.2) is 41.5 Å². The number of rotatable bonds is 6. The maximum absolute atomic E-state index is 12.4. The first-order chi connectivity index (χ1) is 13.7. The fraction of sp³-hybridized carbons (Fsp3) is 0.526. The molecule has 2 N–H and O–H groups in total. The van der Waals surface area contributed by atoms with E-state index >= 15 is 0 Å². The smallest absolute Gasteiger partial charge is 0.297 e. The molecule has 1 aromatic carbocycles. The van der Waals surface area contributed by atoms with Gasteiger partial charge in [0.2, 0.25) is 0 Å². The lowest BCUT2D eigenvalue weighted by molar-refractivity contribution is -0.266. The first-order valence-electron chi connectivity index (χ1n) is 9.16. The number of hydrogen-bond acceptors (Lipinski definition) is 9. The molecule has 10 heteroatoms. The summed E-state index contributed by atoms with van der Waals surface area (Å²) in [5, 5.41) is 19.6. The van der Waals surface area contributed by atoms with Gasteiger partial charge in [-0.1, -0.05) is 17.7 Å². The van der Waals surface area contributed by atoms with E-state index in [2.05, 4.69) is 0 Å². The van der Waals surface area contributed by atoms with Crippen LogP contribution in [0.5, 0.6) is 0 Å². The molecule has 0 aromatic heterocycles. The topological polar surface area (TPSA) is 129 Å². The van der Waals surface area contributed by atoms with E-state index in [1.165, 1.54) is 12.1 Å². The molecule has 9 nitrogen and oxygen atoms in total. The monoisotopic (exact) mass is 428 g/mol. The van der Waals surface area contributed by atoms with Crippen LogP contribution in [-0.4, -0.2) is 67.8 Å². The number of hydrogen-bond donors (Lipinski definition) is 2. The van der Waals surface area contributed by atoms with Gasteiger partial charge in [-0.25, -0.2) is 0 Å². The molecule has 0 spiro atoms. The SMILES string of the molecule is Cc1ccc(S(=O)(=O)OC[C@H]2OC=CC(=O)[C@@H]2O[C@H]2C[C@@H](O)[C@H](O)[C@@H](C)O2)cc1. The molecule has 0 radical (unpaired) electrons. The van der Waals surface area contributed by atoms with Gasteiger partial charge in [0.15, 0.2) is 24.3 Å². The number of aryl methyl sites for hydroxylation is 1. The van der Waals surface area contributed by atoms with Crippen molar-refractivity contribution < 1.29 is 41.8 Å². The molecule has 1 fully saturated rings. The van der Waals surface area contributed by atoms with Crippen LogP contribution in [0, 0.1) is 6.92 Å². The zero-order valence-corrected chi connectivity index (χ0v) is 16.8. The zero-order chi connectivity index (χ0) is 21.2. The highest BCUT2D eigenvalue weighted by atomic mass is 32.2. The van der Waals surface area contributed by atoms with E-state index in [-0.39, 0.29) is 11.3 Å². The van der Waals surface area contributed by atoms with E-state index in [9.17, 15) is 23.4 Å². The van der Waals surface area contributed by atoms with Crippen LogP contribution in [-0.2, 0) is 33.3 Å². The Morgan fingerprint density at radius 3 is 2.55 bits per heavy atom. The number of aliphatic hydroxyl groups is 2. The Hall–Kier alpha value is -1.82. The Balaban J connectivity index is 1.66. The minimum atomic E-state index is -4.05. The summed E-state index contributed by atoms with van der Waals surface area (Å²) in [7, 11) is -4.05. The summed E-state index contributed by atoms with van der Waals surface area (Å²) < 4.78 is 46.3. The van der Waals surface area contributed by atoms with Gasteiger partial charge < -0.3 is 24.4 Å². The lowest BCUT2D eigenvalue weighted by atomic mass is 10.0. The van der Waals surface area contributed by atoms with Gasteiger partial charge in [-0.2, -0.15) is 8.42 Å². The standard InChI is InChI=1S/C19H24O9S/c1-11-3-5-13(6-4-11)29(23,24)26-10-16-19(14(20)7-8-25-16)28-17-9-15(21)18(22)12(2)27-17/h3-8,12,15-19,21-22H,9-10H2,1-2H3/t12-,15-,16-,17+,18-,19+/m1/s1. The molecule has 29 heavy (non-hydrogen) atoms. The largest absolute Gasteiger partial charge is 0.492 e. The molecular weight excluding hydrogens is 404 g/mol. The predicted molar refractivity (Wildman–Crippen MR) is 99.2 cm³/mol. The molecular formula is C19H24O9S. The highest BCUT2D eigenvalue weighted by Crippen LogP contribution is 2.25. The molecule has 2 aliphatic heterocycles. The van der Waals surface area contributed by atoms with Gasteiger partial charge in [0, 0.05) is 12.5 Å². The van der Waals surface area contributed by atoms with Gasteiger partial charge in [-0.15, -0.1) is 0 Å².